The molecule has 0 radical (unpaired) electrons. The van der Waals surface area contributed by atoms with Crippen LogP contribution in [0.5, 0.6) is 0 Å². The molecule has 1 saturated heterocycles. The Balaban J connectivity index is 1.48. The molecule has 0 N–H and O–H groups in total. The Labute approximate surface area is 194 Å². The first kappa shape index (κ1) is 21.3. The number of rotatable bonds is 6. The van der Waals surface area contributed by atoms with Crippen LogP contribution in [-0.2, 0) is 4.74 Å². The van der Waals surface area contributed by atoms with Crippen LogP contribution in [0.4, 0.5) is 5.13 Å². The summed E-state index contributed by atoms with van der Waals surface area (Å²) in [5.74, 6) is -0.0741. The molecule has 0 atom stereocenters. The summed E-state index contributed by atoms with van der Waals surface area (Å²) in [6.45, 7) is 4.56. The summed E-state index contributed by atoms with van der Waals surface area (Å²) in [7, 11) is 0. The second-order valence-corrected chi connectivity index (χ2v) is 9.39. The zero-order valence-electron chi connectivity index (χ0n) is 17.7. The van der Waals surface area contributed by atoms with E-state index in [2.05, 4.69) is 33.3 Å². The summed E-state index contributed by atoms with van der Waals surface area (Å²) in [5, 5.41) is 0.718. The van der Waals surface area contributed by atoms with Crippen LogP contribution in [0.1, 0.15) is 10.4 Å². The van der Waals surface area contributed by atoms with Gasteiger partial charge in [0.1, 0.15) is 0 Å². The van der Waals surface area contributed by atoms with Gasteiger partial charge in [-0.25, -0.2) is 4.98 Å². The normalized spacial score (nSPS) is 14.8. The van der Waals surface area contributed by atoms with Crippen LogP contribution in [-0.4, -0.2) is 71.4 Å². The maximum absolute atomic E-state index is 13.7. The number of amides is 1. The number of carbonyl (C=O) groups excluding carboxylic acids is 1. The van der Waals surface area contributed by atoms with Gasteiger partial charge in [0.15, 0.2) is 5.13 Å². The van der Waals surface area contributed by atoms with Crippen molar-refractivity contribution in [2.75, 3.05) is 50.5 Å². The number of anilines is 1. The highest BCUT2D eigenvalue weighted by molar-refractivity contribution is 7.98. The number of hydrogen-bond acceptors (Lipinski definition) is 8. The fourth-order valence-corrected chi connectivity index (χ4v) is 5.28. The van der Waals surface area contributed by atoms with Gasteiger partial charge in [-0.1, -0.05) is 11.3 Å². The van der Waals surface area contributed by atoms with E-state index in [1.807, 2.05) is 24.3 Å². The molecule has 9 heteroatoms. The van der Waals surface area contributed by atoms with Crippen LogP contribution in [0.2, 0.25) is 0 Å². The van der Waals surface area contributed by atoms with Crippen molar-refractivity contribution < 1.29 is 9.53 Å². The lowest BCUT2D eigenvalue weighted by molar-refractivity contribution is 0.0391. The summed E-state index contributed by atoms with van der Waals surface area (Å²) < 4.78 is 6.55. The van der Waals surface area contributed by atoms with E-state index in [1.165, 1.54) is 4.90 Å². The first-order valence-electron chi connectivity index (χ1n) is 10.5. The van der Waals surface area contributed by atoms with E-state index >= 15 is 0 Å². The number of carbonyl (C=O) groups is 1. The molecular formula is C23H23N5O2S2. The Hall–Kier alpha value is -2.59. The smallest absolute Gasteiger partial charge is 0.260 e. The van der Waals surface area contributed by atoms with E-state index in [1.54, 1.807) is 40.4 Å². The summed E-state index contributed by atoms with van der Waals surface area (Å²) in [6, 6.07) is 11.7. The lowest BCUT2D eigenvalue weighted by atomic mass is 10.1. The van der Waals surface area contributed by atoms with Crippen LogP contribution < -0.4 is 4.90 Å². The van der Waals surface area contributed by atoms with Crippen molar-refractivity contribution in [2.24, 2.45) is 0 Å². The van der Waals surface area contributed by atoms with Crippen molar-refractivity contribution >= 4 is 55.4 Å². The first-order chi connectivity index (χ1) is 15.7. The van der Waals surface area contributed by atoms with Crippen molar-refractivity contribution in [1.29, 1.82) is 0 Å². The van der Waals surface area contributed by atoms with Crippen LogP contribution in [0.15, 0.2) is 53.7 Å². The summed E-state index contributed by atoms with van der Waals surface area (Å²) in [4.78, 5) is 32.4. The van der Waals surface area contributed by atoms with Gasteiger partial charge in [-0.05, 0) is 42.7 Å². The third kappa shape index (κ3) is 4.47. The van der Waals surface area contributed by atoms with E-state index < -0.39 is 0 Å². The third-order valence-electron chi connectivity index (χ3n) is 5.52. The molecule has 2 aromatic carbocycles. The van der Waals surface area contributed by atoms with Crippen LogP contribution in [0.25, 0.3) is 21.3 Å². The molecule has 1 amide bonds. The number of thioether (sulfide) groups is 1. The summed E-state index contributed by atoms with van der Waals surface area (Å²) in [5.41, 5.74) is 2.98. The molecule has 0 unspecified atom stereocenters. The summed E-state index contributed by atoms with van der Waals surface area (Å²) in [6.07, 6.45) is 5.36. The first-order valence-corrected chi connectivity index (χ1v) is 12.5. The average Bonchev–Trinajstić information content (AvgIpc) is 3.27. The minimum atomic E-state index is -0.0741. The number of ether oxygens (including phenoxy) is 1. The van der Waals surface area contributed by atoms with Crippen molar-refractivity contribution in [3.63, 3.8) is 0 Å². The van der Waals surface area contributed by atoms with Crippen LogP contribution >= 0.6 is 23.1 Å². The monoisotopic (exact) mass is 465 g/mol. The number of aromatic nitrogens is 3. The van der Waals surface area contributed by atoms with Gasteiger partial charge in [-0.15, -0.1) is 11.8 Å². The highest BCUT2D eigenvalue weighted by Gasteiger charge is 2.23. The third-order valence-corrected chi connectivity index (χ3v) is 7.29. The number of fused-ring (bicyclic) bond motifs is 2. The Morgan fingerprint density at radius 1 is 1.09 bits per heavy atom. The molecule has 0 saturated carbocycles. The van der Waals surface area contributed by atoms with Gasteiger partial charge in [-0.3, -0.25) is 24.6 Å². The Morgan fingerprint density at radius 3 is 2.69 bits per heavy atom. The predicted octanol–water partition coefficient (Wildman–Crippen LogP) is 3.94. The number of hydrogen-bond donors (Lipinski definition) is 0. The lowest BCUT2D eigenvalue weighted by Crippen LogP contribution is -2.43. The minimum absolute atomic E-state index is 0.0741. The number of thiazole rings is 1. The van der Waals surface area contributed by atoms with E-state index in [0.29, 0.717) is 17.6 Å². The van der Waals surface area contributed by atoms with E-state index in [-0.39, 0.29) is 5.91 Å². The topological polar surface area (TPSA) is 71.5 Å². The molecule has 32 heavy (non-hydrogen) atoms. The molecule has 0 bridgehead atoms. The number of nitrogens with zero attached hydrogens (tertiary/aromatic N) is 5. The second kappa shape index (κ2) is 9.50. The van der Waals surface area contributed by atoms with Crippen LogP contribution in [0, 0.1) is 0 Å². The fraction of sp³-hybridized carbons (Fsp3) is 0.304. The molecule has 4 aromatic rings. The van der Waals surface area contributed by atoms with E-state index in [9.17, 15) is 4.79 Å². The minimum Gasteiger partial charge on any atom is -0.379 e. The van der Waals surface area contributed by atoms with Crippen molar-refractivity contribution in [3.05, 3.63) is 54.4 Å². The molecule has 1 aliphatic heterocycles. The zero-order chi connectivity index (χ0) is 21.9. The Morgan fingerprint density at radius 2 is 1.88 bits per heavy atom. The standard InChI is InChI=1S/C23H23N5O2S2/c1-31-17-3-5-19-21(15-17)32-23(26-19)28(9-8-27-10-12-30-13-11-27)22(29)16-2-4-18-20(14-16)25-7-6-24-18/h2-7,14-15H,8-13H2,1H3. The molecule has 164 valence electrons. The molecule has 5 rings (SSSR count). The number of morpholine rings is 1. The molecule has 0 spiro atoms. The average molecular weight is 466 g/mol. The number of benzene rings is 2. The molecule has 7 nitrogen and oxygen atoms in total. The summed E-state index contributed by atoms with van der Waals surface area (Å²) >= 11 is 3.26. The van der Waals surface area contributed by atoms with Crippen molar-refractivity contribution in [2.45, 2.75) is 4.90 Å². The molecule has 3 heterocycles. The van der Waals surface area contributed by atoms with Crippen LogP contribution in [0.3, 0.4) is 0 Å². The van der Waals surface area contributed by atoms with Crippen molar-refractivity contribution in [3.8, 4) is 0 Å². The highest BCUT2D eigenvalue weighted by atomic mass is 32.2. The van der Waals surface area contributed by atoms with Gasteiger partial charge in [-0.2, -0.15) is 0 Å². The Kier molecular flexibility index (Phi) is 6.31. The zero-order valence-corrected chi connectivity index (χ0v) is 19.4. The fourth-order valence-electron chi connectivity index (χ4n) is 3.74. The highest BCUT2D eigenvalue weighted by Crippen LogP contribution is 2.32. The lowest BCUT2D eigenvalue weighted by Gasteiger charge is -2.29. The molecule has 1 fully saturated rings. The van der Waals surface area contributed by atoms with Gasteiger partial charge >= 0.3 is 0 Å². The SMILES string of the molecule is CSc1ccc2nc(N(CCN3CCOCC3)C(=O)c3ccc4nccnc4c3)sc2c1. The van der Waals surface area contributed by atoms with E-state index in [4.69, 9.17) is 9.72 Å². The Bertz CT molecular complexity index is 1260. The molecular weight excluding hydrogens is 442 g/mol. The van der Waals surface area contributed by atoms with Gasteiger partial charge in [0.2, 0.25) is 0 Å². The van der Waals surface area contributed by atoms with Gasteiger partial charge in [0.05, 0.1) is 34.5 Å². The maximum atomic E-state index is 13.7. The molecule has 0 aliphatic carbocycles. The van der Waals surface area contributed by atoms with Gasteiger partial charge < -0.3 is 4.74 Å². The van der Waals surface area contributed by atoms with Crippen molar-refractivity contribution in [1.82, 2.24) is 19.9 Å². The van der Waals surface area contributed by atoms with E-state index in [0.717, 1.165) is 53.7 Å². The van der Waals surface area contributed by atoms with Gasteiger partial charge in [0.25, 0.3) is 5.91 Å². The molecule has 1 aliphatic rings. The second-order valence-electron chi connectivity index (χ2n) is 7.50. The quantitative estimate of drug-likeness (QED) is 0.400. The largest absolute Gasteiger partial charge is 0.379 e. The van der Waals surface area contributed by atoms with Gasteiger partial charge in [0, 0.05) is 49.0 Å². The maximum Gasteiger partial charge on any atom is 0.260 e. The molecule has 2 aromatic heterocycles. The predicted molar refractivity (Wildman–Crippen MR) is 130 cm³/mol.